The zero-order valence-corrected chi connectivity index (χ0v) is 8.66. The largest absolute Gasteiger partial charge is 0.480 e. The fourth-order valence-corrected chi connectivity index (χ4v) is 1.16. The van der Waals surface area contributed by atoms with Crippen molar-refractivity contribution in [2.24, 2.45) is 0 Å². The molecule has 1 atom stereocenters. The highest BCUT2D eigenvalue weighted by molar-refractivity contribution is 5.79. The monoisotopic (exact) mass is 235 g/mol. The Morgan fingerprint density at radius 1 is 1.76 bits per heavy atom. The predicted octanol–water partition coefficient (Wildman–Crippen LogP) is 0.878. The van der Waals surface area contributed by atoms with Crippen molar-refractivity contribution in [2.45, 2.75) is 12.5 Å². The van der Waals surface area contributed by atoms with Gasteiger partial charge in [0.25, 0.3) is 0 Å². The summed E-state index contributed by atoms with van der Waals surface area (Å²) in [5, 5.41) is 22.0. The Bertz CT molecular complexity index is 481. The Labute approximate surface area is 96.6 Å². The van der Waals surface area contributed by atoms with E-state index in [0.29, 0.717) is 0 Å². The molecule has 0 aliphatic heterocycles. The number of nitrogens with zero attached hydrogens (tertiary/aromatic N) is 2. The Morgan fingerprint density at radius 3 is 3.00 bits per heavy atom. The average Bonchev–Trinajstić information content (AvgIpc) is 2.28. The normalized spacial score (nSPS) is 11.2. The lowest BCUT2D eigenvalue weighted by Crippen LogP contribution is -2.29. The number of terminal acetylenes is 1. The summed E-state index contributed by atoms with van der Waals surface area (Å²) < 4.78 is 0. The van der Waals surface area contributed by atoms with Crippen LogP contribution in [0.1, 0.15) is 6.42 Å². The third-order valence-corrected chi connectivity index (χ3v) is 1.95. The van der Waals surface area contributed by atoms with Gasteiger partial charge >= 0.3 is 11.7 Å². The quantitative estimate of drug-likeness (QED) is 0.445. The topological polar surface area (TPSA) is 105 Å². The Balaban J connectivity index is 2.97. The average molecular weight is 235 g/mol. The molecule has 1 unspecified atom stereocenters. The molecule has 88 valence electrons. The number of nitrogens with one attached hydrogen (secondary N) is 1. The van der Waals surface area contributed by atoms with Crippen molar-refractivity contribution in [2.75, 3.05) is 5.32 Å². The van der Waals surface area contributed by atoms with Crippen LogP contribution in [0.3, 0.4) is 0 Å². The molecule has 7 nitrogen and oxygen atoms in total. The number of hydrogen-bond acceptors (Lipinski definition) is 5. The third kappa shape index (κ3) is 3.17. The summed E-state index contributed by atoms with van der Waals surface area (Å²) in [7, 11) is 0. The van der Waals surface area contributed by atoms with E-state index in [1.807, 2.05) is 0 Å². The lowest BCUT2D eigenvalue weighted by Gasteiger charge is -2.12. The van der Waals surface area contributed by atoms with Gasteiger partial charge in [-0.05, 0) is 6.07 Å². The Morgan fingerprint density at radius 2 is 2.47 bits per heavy atom. The van der Waals surface area contributed by atoms with E-state index in [2.05, 4.69) is 16.2 Å². The van der Waals surface area contributed by atoms with E-state index in [1.54, 1.807) is 0 Å². The van der Waals surface area contributed by atoms with Crippen LogP contribution in [0.5, 0.6) is 0 Å². The van der Waals surface area contributed by atoms with E-state index < -0.39 is 16.9 Å². The van der Waals surface area contributed by atoms with Crippen LogP contribution in [-0.4, -0.2) is 27.0 Å². The van der Waals surface area contributed by atoms with Crippen LogP contribution in [0.2, 0.25) is 0 Å². The van der Waals surface area contributed by atoms with Crippen LogP contribution < -0.4 is 5.32 Å². The fourth-order valence-electron chi connectivity index (χ4n) is 1.16. The second-order valence-electron chi connectivity index (χ2n) is 3.09. The first-order valence-electron chi connectivity index (χ1n) is 4.57. The summed E-state index contributed by atoms with van der Waals surface area (Å²) in [6.45, 7) is 0. The van der Waals surface area contributed by atoms with Crippen LogP contribution >= 0.6 is 0 Å². The molecule has 0 spiro atoms. The molecule has 0 fully saturated rings. The van der Waals surface area contributed by atoms with Gasteiger partial charge in [-0.15, -0.1) is 12.3 Å². The van der Waals surface area contributed by atoms with Gasteiger partial charge in [0.15, 0.2) is 0 Å². The van der Waals surface area contributed by atoms with Gasteiger partial charge in [-0.3, -0.25) is 15.1 Å². The zero-order chi connectivity index (χ0) is 12.8. The molecule has 17 heavy (non-hydrogen) atoms. The molecule has 1 aromatic rings. The molecule has 0 amide bonds. The second kappa shape index (κ2) is 5.46. The number of carboxylic acid groups (broad SMARTS) is 1. The zero-order valence-electron chi connectivity index (χ0n) is 8.66. The maximum atomic E-state index is 10.8. The van der Waals surface area contributed by atoms with Gasteiger partial charge in [0, 0.05) is 12.6 Å². The minimum atomic E-state index is -1.17. The summed E-state index contributed by atoms with van der Waals surface area (Å²) in [6, 6.07) is 0.256. The van der Waals surface area contributed by atoms with Crippen molar-refractivity contribution >= 4 is 17.3 Å². The molecule has 0 aliphatic rings. The van der Waals surface area contributed by atoms with E-state index in [4.69, 9.17) is 11.5 Å². The summed E-state index contributed by atoms with van der Waals surface area (Å²) >= 11 is 0. The van der Waals surface area contributed by atoms with Gasteiger partial charge in [-0.25, -0.2) is 4.79 Å². The number of rotatable bonds is 5. The number of aliphatic carboxylic acids is 1. The molecule has 7 heteroatoms. The lowest BCUT2D eigenvalue weighted by molar-refractivity contribution is -0.384. The molecule has 0 bridgehead atoms. The number of carbonyl (C=O) groups is 1. The third-order valence-electron chi connectivity index (χ3n) is 1.95. The van der Waals surface area contributed by atoms with Gasteiger partial charge in [0.05, 0.1) is 4.92 Å². The summed E-state index contributed by atoms with van der Waals surface area (Å²) in [6.07, 6.45) is 7.31. The van der Waals surface area contributed by atoms with Crippen LogP contribution in [0.4, 0.5) is 11.4 Å². The second-order valence-corrected chi connectivity index (χ2v) is 3.09. The van der Waals surface area contributed by atoms with Crippen molar-refractivity contribution in [3.63, 3.8) is 0 Å². The highest BCUT2D eigenvalue weighted by atomic mass is 16.6. The summed E-state index contributed by atoms with van der Waals surface area (Å²) in [5.41, 5.74) is -0.219. The maximum absolute atomic E-state index is 10.8. The van der Waals surface area contributed by atoms with Crippen molar-refractivity contribution in [1.82, 2.24) is 4.98 Å². The molecule has 0 radical (unpaired) electrons. The van der Waals surface area contributed by atoms with E-state index in [0.717, 1.165) is 6.20 Å². The molecule has 0 aromatic carbocycles. The smallest absolute Gasteiger partial charge is 0.327 e. The highest BCUT2D eigenvalue weighted by Crippen LogP contribution is 2.23. The van der Waals surface area contributed by atoms with Crippen LogP contribution in [0.25, 0.3) is 0 Å². The number of pyridine rings is 1. The number of hydrogen-bond donors (Lipinski definition) is 2. The van der Waals surface area contributed by atoms with Crippen molar-refractivity contribution in [3.8, 4) is 12.3 Å². The fraction of sp³-hybridized carbons (Fsp3) is 0.200. The molecular formula is C10H9N3O4. The molecular weight excluding hydrogens is 226 g/mol. The SMILES string of the molecule is C#CCC(Nc1ccncc1[N+](=O)[O-])C(=O)O. The minimum Gasteiger partial charge on any atom is -0.480 e. The molecule has 0 saturated carbocycles. The number of aromatic nitrogens is 1. The van der Waals surface area contributed by atoms with E-state index in [1.165, 1.54) is 12.3 Å². The highest BCUT2D eigenvalue weighted by Gasteiger charge is 2.21. The molecule has 1 heterocycles. The van der Waals surface area contributed by atoms with Crippen molar-refractivity contribution in [1.29, 1.82) is 0 Å². The Kier molecular flexibility index (Phi) is 4.00. The van der Waals surface area contributed by atoms with Crippen molar-refractivity contribution < 1.29 is 14.8 Å². The summed E-state index contributed by atoms with van der Waals surface area (Å²) in [5.74, 6) is 1.02. The van der Waals surface area contributed by atoms with Gasteiger partial charge in [-0.1, -0.05) is 0 Å². The molecule has 0 aliphatic carbocycles. The number of nitro groups is 1. The van der Waals surface area contributed by atoms with Crippen LogP contribution in [0, 0.1) is 22.5 Å². The minimum absolute atomic E-state index is 0.0746. The maximum Gasteiger partial charge on any atom is 0.327 e. The van der Waals surface area contributed by atoms with E-state index >= 15 is 0 Å². The molecule has 2 N–H and O–H groups in total. The number of anilines is 1. The van der Waals surface area contributed by atoms with Gasteiger partial charge in [0.2, 0.25) is 0 Å². The molecule has 0 saturated heterocycles. The summed E-state index contributed by atoms with van der Waals surface area (Å²) in [4.78, 5) is 24.4. The molecule has 1 rings (SSSR count). The van der Waals surface area contributed by atoms with Crippen LogP contribution in [-0.2, 0) is 4.79 Å². The number of carboxylic acids is 1. The lowest BCUT2D eigenvalue weighted by atomic mass is 10.2. The first kappa shape index (κ1) is 12.4. The standard InChI is InChI=1S/C10H9N3O4/c1-2-3-8(10(14)15)12-7-4-5-11-6-9(7)13(16)17/h1,4-6,8H,3H2,(H,11,12)(H,14,15). The first-order valence-corrected chi connectivity index (χ1v) is 4.57. The predicted molar refractivity (Wildman–Crippen MR) is 59.4 cm³/mol. The van der Waals surface area contributed by atoms with Crippen LogP contribution in [0.15, 0.2) is 18.5 Å². The Hall–Kier alpha value is -2.62. The van der Waals surface area contributed by atoms with Gasteiger partial charge in [-0.2, -0.15) is 0 Å². The van der Waals surface area contributed by atoms with Gasteiger partial charge < -0.3 is 10.4 Å². The molecule has 1 aromatic heterocycles. The van der Waals surface area contributed by atoms with Crippen molar-refractivity contribution in [3.05, 3.63) is 28.6 Å². The van der Waals surface area contributed by atoms with E-state index in [-0.39, 0.29) is 17.8 Å². The first-order chi connectivity index (χ1) is 8.06. The van der Waals surface area contributed by atoms with Gasteiger partial charge in [0.1, 0.15) is 17.9 Å². The van der Waals surface area contributed by atoms with E-state index in [9.17, 15) is 14.9 Å².